The molecular formula is C17H21N3O. The summed E-state index contributed by atoms with van der Waals surface area (Å²) in [7, 11) is 1.79. The van der Waals surface area contributed by atoms with Gasteiger partial charge in [0.25, 0.3) is 5.91 Å². The maximum absolute atomic E-state index is 12.7. The van der Waals surface area contributed by atoms with E-state index in [-0.39, 0.29) is 11.9 Å². The SMILES string of the molecule is CNc1cccc(C(=O)N(Cc2ccccc2)C(C)C)n1. The molecule has 0 aliphatic carbocycles. The lowest BCUT2D eigenvalue weighted by molar-refractivity contribution is 0.0684. The van der Waals surface area contributed by atoms with Gasteiger partial charge in [-0.05, 0) is 31.5 Å². The van der Waals surface area contributed by atoms with Crippen LogP contribution in [0.25, 0.3) is 0 Å². The molecule has 0 atom stereocenters. The van der Waals surface area contributed by atoms with Gasteiger partial charge in [0, 0.05) is 19.6 Å². The lowest BCUT2D eigenvalue weighted by Gasteiger charge is -2.26. The Kier molecular flexibility index (Phi) is 4.93. The van der Waals surface area contributed by atoms with Crippen molar-refractivity contribution in [3.8, 4) is 0 Å². The highest BCUT2D eigenvalue weighted by molar-refractivity contribution is 5.92. The second kappa shape index (κ2) is 6.88. The number of nitrogens with zero attached hydrogens (tertiary/aromatic N) is 2. The van der Waals surface area contributed by atoms with E-state index in [4.69, 9.17) is 0 Å². The average molecular weight is 283 g/mol. The van der Waals surface area contributed by atoms with Crippen LogP contribution in [0.5, 0.6) is 0 Å². The molecule has 0 bridgehead atoms. The molecule has 0 radical (unpaired) electrons. The first kappa shape index (κ1) is 15.0. The van der Waals surface area contributed by atoms with Gasteiger partial charge in [0.05, 0.1) is 0 Å². The van der Waals surface area contributed by atoms with Gasteiger partial charge in [-0.25, -0.2) is 4.98 Å². The minimum Gasteiger partial charge on any atom is -0.373 e. The Morgan fingerprint density at radius 2 is 1.86 bits per heavy atom. The van der Waals surface area contributed by atoms with Crippen LogP contribution in [0.1, 0.15) is 29.9 Å². The smallest absolute Gasteiger partial charge is 0.273 e. The van der Waals surface area contributed by atoms with Gasteiger partial charge in [-0.2, -0.15) is 0 Å². The maximum atomic E-state index is 12.7. The number of hydrogen-bond acceptors (Lipinski definition) is 3. The third-order valence-corrected chi connectivity index (χ3v) is 3.30. The first-order valence-electron chi connectivity index (χ1n) is 7.11. The quantitative estimate of drug-likeness (QED) is 0.916. The van der Waals surface area contributed by atoms with Crippen molar-refractivity contribution in [3.05, 3.63) is 59.8 Å². The van der Waals surface area contributed by atoms with Crippen LogP contribution in [0.4, 0.5) is 5.82 Å². The fourth-order valence-electron chi connectivity index (χ4n) is 2.11. The van der Waals surface area contributed by atoms with Gasteiger partial charge >= 0.3 is 0 Å². The van der Waals surface area contributed by atoms with Crippen LogP contribution in [-0.4, -0.2) is 28.9 Å². The molecule has 0 aliphatic heterocycles. The Hall–Kier alpha value is -2.36. The standard InChI is InChI=1S/C17H21N3O/c1-13(2)20(12-14-8-5-4-6-9-14)17(21)15-10-7-11-16(18-3)19-15/h4-11,13H,12H2,1-3H3,(H,18,19). The van der Waals surface area contributed by atoms with Gasteiger partial charge in [-0.3, -0.25) is 4.79 Å². The van der Waals surface area contributed by atoms with Gasteiger partial charge < -0.3 is 10.2 Å². The van der Waals surface area contributed by atoms with Crippen molar-refractivity contribution < 1.29 is 4.79 Å². The Labute approximate surface area is 125 Å². The van der Waals surface area contributed by atoms with Gasteiger partial charge in [0.1, 0.15) is 11.5 Å². The summed E-state index contributed by atoms with van der Waals surface area (Å²) in [6.45, 7) is 4.62. The van der Waals surface area contributed by atoms with Crippen molar-refractivity contribution in [3.63, 3.8) is 0 Å². The number of aromatic nitrogens is 1. The van der Waals surface area contributed by atoms with E-state index in [2.05, 4.69) is 10.3 Å². The first-order chi connectivity index (χ1) is 10.1. The zero-order valence-corrected chi connectivity index (χ0v) is 12.7. The predicted octanol–water partition coefficient (Wildman–Crippen LogP) is 3.17. The number of nitrogens with one attached hydrogen (secondary N) is 1. The number of carbonyl (C=O) groups excluding carboxylic acids is 1. The molecule has 2 rings (SSSR count). The number of hydrogen-bond donors (Lipinski definition) is 1. The lowest BCUT2D eigenvalue weighted by Crippen LogP contribution is -2.36. The molecule has 0 saturated heterocycles. The van der Waals surface area contributed by atoms with E-state index in [9.17, 15) is 4.79 Å². The summed E-state index contributed by atoms with van der Waals surface area (Å²) >= 11 is 0. The van der Waals surface area contributed by atoms with Gasteiger partial charge in [0.2, 0.25) is 0 Å². The number of benzene rings is 1. The zero-order valence-electron chi connectivity index (χ0n) is 12.7. The summed E-state index contributed by atoms with van der Waals surface area (Å²) in [5.41, 5.74) is 1.58. The maximum Gasteiger partial charge on any atom is 0.273 e. The van der Waals surface area contributed by atoms with E-state index < -0.39 is 0 Å². The number of carbonyl (C=O) groups is 1. The Balaban J connectivity index is 2.23. The van der Waals surface area contributed by atoms with Crippen LogP contribution >= 0.6 is 0 Å². The fourth-order valence-corrected chi connectivity index (χ4v) is 2.11. The molecule has 0 unspecified atom stereocenters. The third-order valence-electron chi connectivity index (χ3n) is 3.30. The van der Waals surface area contributed by atoms with E-state index in [1.807, 2.05) is 61.2 Å². The van der Waals surface area contributed by atoms with Crippen LogP contribution in [0.2, 0.25) is 0 Å². The Bertz CT molecular complexity index is 596. The van der Waals surface area contributed by atoms with Crippen LogP contribution in [0.15, 0.2) is 48.5 Å². The van der Waals surface area contributed by atoms with Crippen molar-refractivity contribution in [2.24, 2.45) is 0 Å². The minimum absolute atomic E-state index is 0.0500. The number of pyridine rings is 1. The minimum atomic E-state index is -0.0500. The van der Waals surface area contributed by atoms with E-state index in [1.54, 1.807) is 13.1 Å². The molecule has 0 saturated carbocycles. The number of rotatable bonds is 5. The van der Waals surface area contributed by atoms with E-state index in [0.717, 1.165) is 5.56 Å². The van der Waals surface area contributed by atoms with Crippen LogP contribution in [0, 0.1) is 0 Å². The highest BCUT2D eigenvalue weighted by Gasteiger charge is 2.20. The molecule has 0 spiro atoms. The lowest BCUT2D eigenvalue weighted by atomic mass is 10.1. The average Bonchev–Trinajstić information content (AvgIpc) is 2.52. The van der Waals surface area contributed by atoms with Gasteiger partial charge in [-0.1, -0.05) is 36.4 Å². The normalized spacial score (nSPS) is 10.5. The second-order valence-corrected chi connectivity index (χ2v) is 5.17. The predicted molar refractivity (Wildman–Crippen MR) is 85.2 cm³/mol. The Morgan fingerprint density at radius 3 is 2.48 bits per heavy atom. The topological polar surface area (TPSA) is 45.2 Å². The summed E-state index contributed by atoms with van der Waals surface area (Å²) < 4.78 is 0. The van der Waals surface area contributed by atoms with Gasteiger partial charge in [0.15, 0.2) is 0 Å². The molecule has 4 nitrogen and oxygen atoms in total. The fraction of sp³-hybridized carbons (Fsp3) is 0.294. The molecule has 1 N–H and O–H groups in total. The molecule has 1 aromatic carbocycles. The van der Waals surface area contributed by atoms with Crippen molar-refractivity contribution in [2.45, 2.75) is 26.4 Å². The van der Waals surface area contributed by atoms with Crippen LogP contribution < -0.4 is 5.32 Å². The molecular weight excluding hydrogens is 262 g/mol. The zero-order chi connectivity index (χ0) is 15.2. The molecule has 4 heteroatoms. The molecule has 110 valence electrons. The number of amides is 1. The number of anilines is 1. The second-order valence-electron chi connectivity index (χ2n) is 5.17. The van der Waals surface area contributed by atoms with E-state index >= 15 is 0 Å². The third kappa shape index (κ3) is 3.81. The highest BCUT2D eigenvalue weighted by atomic mass is 16.2. The van der Waals surface area contributed by atoms with E-state index in [1.165, 1.54) is 0 Å². The molecule has 1 heterocycles. The summed E-state index contributed by atoms with van der Waals surface area (Å²) in [6, 6.07) is 15.5. The van der Waals surface area contributed by atoms with Gasteiger partial charge in [-0.15, -0.1) is 0 Å². The van der Waals surface area contributed by atoms with Crippen LogP contribution in [0.3, 0.4) is 0 Å². The molecule has 1 amide bonds. The summed E-state index contributed by atoms with van der Waals surface area (Å²) in [4.78, 5) is 18.9. The highest BCUT2D eigenvalue weighted by Crippen LogP contribution is 2.13. The van der Waals surface area contributed by atoms with Crippen molar-refractivity contribution in [2.75, 3.05) is 12.4 Å². The Morgan fingerprint density at radius 1 is 1.14 bits per heavy atom. The van der Waals surface area contributed by atoms with Crippen molar-refractivity contribution in [1.82, 2.24) is 9.88 Å². The largest absolute Gasteiger partial charge is 0.373 e. The first-order valence-corrected chi connectivity index (χ1v) is 7.11. The van der Waals surface area contributed by atoms with Crippen molar-refractivity contribution in [1.29, 1.82) is 0 Å². The molecule has 0 fully saturated rings. The molecule has 0 aliphatic rings. The summed E-state index contributed by atoms with van der Waals surface area (Å²) in [5, 5.41) is 2.96. The molecule has 1 aromatic heterocycles. The summed E-state index contributed by atoms with van der Waals surface area (Å²) in [5.74, 6) is 0.648. The molecule has 21 heavy (non-hydrogen) atoms. The summed E-state index contributed by atoms with van der Waals surface area (Å²) in [6.07, 6.45) is 0. The van der Waals surface area contributed by atoms with Crippen molar-refractivity contribution >= 4 is 11.7 Å². The van der Waals surface area contributed by atoms with E-state index in [0.29, 0.717) is 18.1 Å². The van der Waals surface area contributed by atoms with Crippen LogP contribution in [-0.2, 0) is 6.54 Å². The monoisotopic (exact) mass is 283 g/mol. The molecule has 2 aromatic rings.